The van der Waals surface area contributed by atoms with Gasteiger partial charge in [-0.05, 0) is 48.5 Å². The summed E-state index contributed by atoms with van der Waals surface area (Å²) in [6.07, 6.45) is 13.0. The van der Waals surface area contributed by atoms with Crippen LogP contribution in [-0.4, -0.2) is 85.5 Å². The number of rotatable bonds is 6. The zero-order valence-corrected chi connectivity index (χ0v) is 23.7. The molecule has 0 radical (unpaired) electrons. The Labute approximate surface area is 254 Å². The number of hydrogen-bond donors (Lipinski definition) is 2. The Bertz CT molecular complexity index is 1440. The Hall–Kier alpha value is -5.48. The van der Waals surface area contributed by atoms with E-state index in [9.17, 15) is 19.8 Å². The van der Waals surface area contributed by atoms with Crippen LogP contribution in [0.25, 0.3) is 23.3 Å². The molecule has 0 aliphatic rings. The van der Waals surface area contributed by atoms with Crippen molar-refractivity contribution in [1.82, 2.24) is 49.1 Å². The topological polar surface area (TPSA) is 218 Å². The number of carboxylic acids is 2. The Morgan fingerprint density at radius 3 is 0.930 bits per heavy atom. The summed E-state index contributed by atoms with van der Waals surface area (Å²) >= 11 is 0. The Morgan fingerprint density at radius 2 is 0.767 bits per heavy atom. The summed E-state index contributed by atoms with van der Waals surface area (Å²) in [5.41, 5.74) is 0.0389. The van der Waals surface area contributed by atoms with Crippen LogP contribution in [0.3, 0.4) is 0 Å². The van der Waals surface area contributed by atoms with Crippen LogP contribution in [0, 0.1) is 0 Å². The van der Waals surface area contributed by atoms with Crippen LogP contribution in [0.2, 0.25) is 0 Å². The summed E-state index contributed by atoms with van der Waals surface area (Å²) in [5.74, 6) is -1.00. The SMILES string of the molecule is CO.CO.O=C([O-])c1cc(-n2cccn2)nc(-n2cccn2)c1.O=C([O-])c1cc(-n2cccn2)nc(-n2cccn2)c1.[Fe+2]. The van der Waals surface area contributed by atoms with E-state index in [1.807, 2.05) is 0 Å². The predicted octanol–water partition coefficient (Wildman–Crippen LogP) is -1.15. The zero-order chi connectivity index (χ0) is 30.5. The summed E-state index contributed by atoms with van der Waals surface area (Å²) < 4.78 is 5.89. The van der Waals surface area contributed by atoms with Gasteiger partial charge in [0.1, 0.15) is 0 Å². The fraction of sp³-hybridized carbons (Fsp3) is 0.0769. The molecule has 0 aromatic carbocycles. The molecule has 0 unspecified atom stereocenters. The van der Waals surface area contributed by atoms with Gasteiger partial charge in [0.2, 0.25) is 0 Å². The quantitative estimate of drug-likeness (QED) is 0.209. The van der Waals surface area contributed by atoms with Gasteiger partial charge in [0.25, 0.3) is 0 Å². The number of carbonyl (C=O) groups excluding carboxylic acids is 2. The number of aliphatic hydroxyl groups is 2. The van der Waals surface area contributed by atoms with Crippen molar-refractivity contribution in [3.8, 4) is 23.3 Å². The molecule has 0 saturated heterocycles. The number of carboxylic acid groups (broad SMARTS) is 2. The number of nitrogens with zero attached hydrogens (tertiary/aromatic N) is 10. The number of hydrogen-bond acceptors (Lipinski definition) is 12. The third-order valence-corrected chi connectivity index (χ3v) is 5.02. The van der Waals surface area contributed by atoms with E-state index in [0.29, 0.717) is 23.3 Å². The first-order valence-electron chi connectivity index (χ1n) is 11.8. The molecule has 6 rings (SSSR count). The molecule has 2 N–H and O–H groups in total. The number of aliphatic hydroxyl groups excluding tert-OH is 2. The number of pyridine rings is 2. The van der Waals surface area contributed by atoms with Gasteiger partial charge in [0, 0.05) is 74.9 Å². The number of aromatic nitrogens is 10. The molecule has 222 valence electrons. The first-order valence-corrected chi connectivity index (χ1v) is 11.8. The van der Waals surface area contributed by atoms with Crippen molar-refractivity contribution in [2.75, 3.05) is 14.2 Å². The van der Waals surface area contributed by atoms with Gasteiger partial charge < -0.3 is 30.0 Å². The summed E-state index contributed by atoms with van der Waals surface area (Å²) in [6, 6.07) is 12.5. The van der Waals surface area contributed by atoms with Crippen molar-refractivity contribution in [2.24, 2.45) is 0 Å². The van der Waals surface area contributed by atoms with Gasteiger partial charge in [-0.1, -0.05) is 0 Å². The molecule has 0 aliphatic carbocycles. The van der Waals surface area contributed by atoms with E-state index in [1.54, 1.807) is 73.8 Å². The zero-order valence-electron chi connectivity index (χ0n) is 22.6. The van der Waals surface area contributed by atoms with E-state index in [1.165, 1.54) is 43.0 Å². The first kappa shape index (κ1) is 33.7. The fourth-order valence-electron chi connectivity index (χ4n) is 3.33. The molecule has 6 aromatic heterocycles. The van der Waals surface area contributed by atoms with E-state index in [2.05, 4.69) is 30.4 Å². The summed E-state index contributed by atoms with van der Waals surface area (Å²) in [6.45, 7) is 0. The molecule has 6 aromatic rings. The van der Waals surface area contributed by atoms with Crippen LogP contribution in [-0.2, 0) is 17.1 Å². The van der Waals surface area contributed by atoms with Gasteiger partial charge >= 0.3 is 17.1 Å². The number of aromatic carboxylic acids is 2. The van der Waals surface area contributed by atoms with Crippen molar-refractivity contribution in [3.05, 3.63) is 109 Å². The maximum atomic E-state index is 11.0. The maximum Gasteiger partial charge on any atom is 2.00 e. The van der Waals surface area contributed by atoms with Crippen LogP contribution in [0.4, 0.5) is 0 Å². The van der Waals surface area contributed by atoms with E-state index in [0.717, 1.165) is 14.2 Å². The second-order valence-corrected chi connectivity index (χ2v) is 7.52. The molecule has 0 fully saturated rings. The van der Waals surface area contributed by atoms with Crippen molar-refractivity contribution in [1.29, 1.82) is 0 Å². The minimum atomic E-state index is -1.27. The Kier molecular flexibility index (Phi) is 13.1. The van der Waals surface area contributed by atoms with Gasteiger partial charge in [-0.2, -0.15) is 20.4 Å². The largest absolute Gasteiger partial charge is 2.00 e. The van der Waals surface area contributed by atoms with Crippen molar-refractivity contribution in [3.63, 3.8) is 0 Å². The van der Waals surface area contributed by atoms with E-state index >= 15 is 0 Å². The first-order chi connectivity index (χ1) is 20.5. The minimum absolute atomic E-state index is 0. The fourth-order valence-corrected chi connectivity index (χ4v) is 3.33. The molecule has 6 heterocycles. The van der Waals surface area contributed by atoms with E-state index in [4.69, 9.17) is 10.2 Å². The smallest absolute Gasteiger partial charge is 0.545 e. The molecule has 0 bridgehead atoms. The van der Waals surface area contributed by atoms with Crippen LogP contribution in [0.1, 0.15) is 20.7 Å². The molecule has 0 aliphatic heterocycles. The van der Waals surface area contributed by atoms with Gasteiger partial charge in [-0.3, -0.25) is 0 Å². The van der Waals surface area contributed by atoms with Gasteiger partial charge in [0.15, 0.2) is 23.3 Å². The molecule has 0 atom stereocenters. The van der Waals surface area contributed by atoms with Crippen molar-refractivity contribution < 1.29 is 47.1 Å². The van der Waals surface area contributed by atoms with E-state index < -0.39 is 11.9 Å². The minimum Gasteiger partial charge on any atom is -0.545 e. The average molecular weight is 628 g/mol. The predicted molar refractivity (Wildman–Crippen MR) is 142 cm³/mol. The normalized spacial score (nSPS) is 9.58. The summed E-state index contributed by atoms with van der Waals surface area (Å²) in [7, 11) is 2.00. The third-order valence-electron chi connectivity index (χ3n) is 5.02. The molecular weight excluding hydrogens is 604 g/mol. The van der Waals surface area contributed by atoms with Crippen LogP contribution in [0.5, 0.6) is 0 Å². The third kappa shape index (κ3) is 8.75. The van der Waals surface area contributed by atoms with Crippen LogP contribution < -0.4 is 10.2 Å². The second-order valence-electron chi connectivity index (χ2n) is 7.52. The van der Waals surface area contributed by atoms with Gasteiger partial charge in [-0.25, -0.2) is 28.7 Å². The van der Waals surface area contributed by atoms with Crippen molar-refractivity contribution in [2.45, 2.75) is 0 Å². The second kappa shape index (κ2) is 16.7. The Balaban J connectivity index is 0.000000264. The molecule has 43 heavy (non-hydrogen) atoms. The molecule has 0 saturated carbocycles. The molecule has 17 heteroatoms. The van der Waals surface area contributed by atoms with Crippen LogP contribution >= 0.6 is 0 Å². The van der Waals surface area contributed by atoms with Gasteiger partial charge in [0.05, 0.1) is 11.9 Å². The maximum absolute atomic E-state index is 11.0. The summed E-state index contributed by atoms with van der Waals surface area (Å²) in [5, 5.41) is 52.2. The molecule has 0 spiro atoms. The Morgan fingerprint density at radius 1 is 0.535 bits per heavy atom. The standard InChI is InChI=1S/2C12H9N5O2.2CH4O.Fe/c2*18-12(19)9-7-10(16-5-1-3-13-16)15-11(8-9)17-6-2-4-14-17;2*1-2;/h2*1-8H,(H,18,19);2*2H,1H3;/q;;;;+2/p-2. The van der Waals surface area contributed by atoms with Gasteiger partial charge in [-0.15, -0.1) is 0 Å². The monoisotopic (exact) mass is 628 g/mol. The number of carbonyl (C=O) groups is 2. The molecular formula is C26H24FeN10O6. The average Bonchev–Trinajstić information content (AvgIpc) is 3.87. The van der Waals surface area contributed by atoms with Crippen molar-refractivity contribution >= 4 is 11.9 Å². The molecule has 0 amide bonds. The summed E-state index contributed by atoms with van der Waals surface area (Å²) in [4.78, 5) is 30.7. The van der Waals surface area contributed by atoms with Crippen LogP contribution in [0.15, 0.2) is 98.1 Å². The van der Waals surface area contributed by atoms with E-state index in [-0.39, 0.29) is 28.2 Å². The molecule has 16 nitrogen and oxygen atoms in total.